The first-order valence-corrected chi connectivity index (χ1v) is 6.69. The maximum absolute atomic E-state index is 12.5. The average molecular weight is 286 g/mol. The van der Waals surface area contributed by atoms with E-state index in [1.807, 2.05) is 0 Å². The second-order valence-electron chi connectivity index (χ2n) is 4.80. The zero-order valence-electron chi connectivity index (χ0n) is 11.3. The van der Waals surface area contributed by atoms with Gasteiger partial charge in [0.05, 0.1) is 0 Å². The van der Waals surface area contributed by atoms with Crippen LogP contribution in [0.5, 0.6) is 0 Å². The van der Waals surface area contributed by atoms with Crippen LogP contribution in [0.15, 0.2) is 35.4 Å². The molecule has 2 amide bonds. The van der Waals surface area contributed by atoms with E-state index in [4.69, 9.17) is 0 Å². The predicted octanol–water partition coefficient (Wildman–Crippen LogP) is -0.343. The zero-order chi connectivity index (χ0) is 14.8. The molecule has 0 atom stereocenters. The molecule has 1 N–H and O–H groups in total. The molecule has 21 heavy (non-hydrogen) atoms. The molecule has 1 aliphatic heterocycles. The van der Waals surface area contributed by atoms with Crippen molar-refractivity contribution in [1.82, 2.24) is 19.6 Å². The number of nitrogens with zero attached hydrogens (tertiary/aromatic N) is 3. The van der Waals surface area contributed by atoms with E-state index in [9.17, 15) is 14.4 Å². The molecule has 0 bridgehead atoms. The minimum atomic E-state index is -0.394. The molecule has 2 aromatic heterocycles. The monoisotopic (exact) mass is 286 g/mol. The first-order valence-electron chi connectivity index (χ1n) is 6.69. The number of nitrogens with one attached hydrogen (secondary N) is 1. The Morgan fingerprint density at radius 2 is 2.10 bits per heavy atom. The van der Waals surface area contributed by atoms with Gasteiger partial charge >= 0.3 is 0 Å². The lowest BCUT2D eigenvalue weighted by atomic mass is 10.2. The fourth-order valence-electron chi connectivity index (χ4n) is 2.31. The Balaban J connectivity index is 1.96. The maximum atomic E-state index is 12.5. The van der Waals surface area contributed by atoms with Crippen LogP contribution in [-0.2, 0) is 4.79 Å². The second-order valence-corrected chi connectivity index (χ2v) is 4.80. The predicted molar refractivity (Wildman–Crippen MR) is 75.0 cm³/mol. The van der Waals surface area contributed by atoms with Crippen LogP contribution in [0.2, 0.25) is 0 Å². The van der Waals surface area contributed by atoms with E-state index in [1.165, 1.54) is 15.5 Å². The van der Waals surface area contributed by atoms with Crippen LogP contribution in [0, 0.1) is 0 Å². The van der Waals surface area contributed by atoms with Crippen LogP contribution in [0.3, 0.4) is 0 Å². The Labute approximate surface area is 120 Å². The molecule has 1 aliphatic rings. The molecule has 1 fully saturated rings. The molecule has 0 unspecified atom stereocenters. The van der Waals surface area contributed by atoms with Gasteiger partial charge in [0, 0.05) is 38.4 Å². The van der Waals surface area contributed by atoms with Crippen molar-refractivity contribution >= 4 is 17.5 Å². The summed E-state index contributed by atoms with van der Waals surface area (Å²) in [6.45, 7) is 1.09. The molecule has 0 spiro atoms. The minimum Gasteiger partial charge on any atom is -0.354 e. The first kappa shape index (κ1) is 13.3. The molecule has 7 heteroatoms. The van der Waals surface area contributed by atoms with Gasteiger partial charge < -0.3 is 10.2 Å². The lowest BCUT2D eigenvalue weighted by Crippen LogP contribution is -2.38. The molecule has 1 saturated heterocycles. The molecular formula is C14H14N4O3. The summed E-state index contributed by atoms with van der Waals surface area (Å²) in [5, 5.41) is 2.69. The van der Waals surface area contributed by atoms with E-state index in [0.29, 0.717) is 25.3 Å². The normalized spacial score (nSPS) is 15.6. The van der Waals surface area contributed by atoms with Gasteiger partial charge in [-0.1, -0.05) is 6.07 Å². The molecule has 0 saturated carbocycles. The Kier molecular flexibility index (Phi) is 3.39. The van der Waals surface area contributed by atoms with Crippen LogP contribution in [0.25, 0.3) is 5.65 Å². The van der Waals surface area contributed by atoms with Crippen LogP contribution in [0.4, 0.5) is 0 Å². The lowest BCUT2D eigenvalue weighted by Gasteiger charge is -2.19. The highest BCUT2D eigenvalue weighted by Gasteiger charge is 2.22. The molecule has 3 heterocycles. The van der Waals surface area contributed by atoms with Crippen LogP contribution >= 0.6 is 0 Å². The molecular weight excluding hydrogens is 272 g/mol. The van der Waals surface area contributed by atoms with Gasteiger partial charge in [0.15, 0.2) is 0 Å². The smallest absolute Gasteiger partial charge is 0.270 e. The van der Waals surface area contributed by atoms with Gasteiger partial charge in [0.1, 0.15) is 11.2 Å². The van der Waals surface area contributed by atoms with Crippen LogP contribution in [-0.4, -0.2) is 45.7 Å². The van der Waals surface area contributed by atoms with Crippen molar-refractivity contribution in [2.45, 2.75) is 6.42 Å². The molecule has 108 valence electrons. The van der Waals surface area contributed by atoms with Crippen LogP contribution in [0.1, 0.15) is 16.8 Å². The first-order chi connectivity index (χ1) is 10.2. The van der Waals surface area contributed by atoms with Gasteiger partial charge in [0.2, 0.25) is 5.91 Å². The summed E-state index contributed by atoms with van der Waals surface area (Å²) in [6, 6.07) is 5.18. The van der Waals surface area contributed by atoms with Gasteiger partial charge in [-0.3, -0.25) is 18.8 Å². The average Bonchev–Trinajstić information content (AvgIpc) is 2.72. The minimum absolute atomic E-state index is 0.0213. The number of amides is 2. The van der Waals surface area contributed by atoms with Crippen molar-refractivity contribution < 1.29 is 9.59 Å². The standard InChI is InChI=1S/C14H14N4O3/c19-12-4-7-17(8-5-15-12)13(20)10-9-16-11-3-1-2-6-18(11)14(10)21/h1-3,6,9H,4-5,7-8H2,(H,15,19). The maximum Gasteiger partial charge on any atom is 0.270 e. The molecule has 0 aliphatic carbocycles. The fraction of sp³-hybridized carbons (Fsp3) is 0.286. The largest absolute Gasteiger partial charge is 0.354 e. The van der Waals surface area contributed by atoms with Gasteiger partial charge in [-0.2, -0.15) is 0 Å². The SMILES string of the molecule is O=C1CCN(C(=O)c2cnc3ccccn3c2=O)CCN1. The van der Waals surface area contributed by atoms with Crippen molar-refractivity contribution in [3.8, 4) is 0 Å². The Bertz CT molecular complexity index is 768. The van der Waals surface area contributed by atoms with Crippen LogP contribution < -0.4 is 10.9 Å². The van der Waals surface area contributed by atoms with Gasteiger partial charge in [-0.15, -0.1) is 0 Å². The third kappa shape index (κ3) is 2.49. The van der Waals surface area contributed by atoms with Gasteiger partial charge in [-0.25, -0.2) is 4.98 Å². The van der Waals surface area contributed by atoms with Gasteiger partial charge in [-0.05, 0) is 12.1 Å². The third-order valence-electron chi connectivity index (χ3n) is 3.44. The number of pyridine rings is 1. The Morgan fingerprint density at radius 1 is 1.24 bits per heavy atom. The highest BCUT2D eigenvalue weighted by molar-refractivity contribution is 5.94. The third-order valence-corrected chi connectivity index (χ3v) is 3.44. The quantitative estimate of drug-likeness (QED) is 0.777. The molecule has 0 aromatic carbocycles. The number of carbonyl (C=O) groups is 2. The Morgan fingerprint density at radius 3 is 2.95 bits per heavy atom. The summed E-state index contributed by atoms with van der Waals surface area (Å²) in [5.74, 6) is -0.471. The summed E-state index contributed by atoms with van der Waals surface area (Å²) in [4.78, 5) is 41.7. The molecule has 0 radical (unpaired) electrons. The highest BCUT2D eigenvalue weighted by atomic mass is 16.2. The Hall–Kier alpha value is -2.70. The molecule has 3 rings (SSSR count). The summed E-state index contributed by atoms with van der Waals surface area (Å²) in [5.41, 5.74) is 0.119. The van der Waals surface area contributed by atoms with E-state index in [1.54, 1.807) is 24.4 Å². The number of rotatable bonds is 1. The van der Waals surface area contributed by atoms with Crippen molar-refractivity contribution in [2.24, 2.45) is 0 Å². The number of aromatic nitrogens is 2. The molecule has 2 aromatic rings. The van der Waals surface area contributed by atoms with E-state index < -0.39 is 5.56 Å². The summed E-state index contributed by atoms with van der Waals surface area (Å²) >= 11 is 0. The van der Waals surface area contributed by atoms with Crippen molar-refractivity contribution in [2.75, 3.05) is 19.6 Å². The van der Waals surface area contributed by atoms with Crippen molar-refractivity contribution in [3.05, 3.63) is 46.5 Å². The summed E-state index contributed by atoms with van der Waals surface area (Å²) in [6.07, 6.45) is 3.13. The number of hydrogen-bond acceptors (Lipinski definition) is 4. The fourth-order valence-corrected chi connectivity index (χ4v) is 2.31. The van der Waals surface area contributed by atoms with Crippen molar-refractivity contribution in [1.29, 1.82) is 0 Å². The highest BCUT2D eigenvalue weighted by Crippen LogP contribution is 2.04. The summed E-state index contributed by atoms with van der Waals surface area (Å²) in [7, 11) is 0. The number of carbonyl (C=O) groups excluding carboxylic acids is 2. The van der Waals surface area contributed by atoms with E-state index in [-0.39, 0.29) is 23.8 Å². The topological polar surface area (TPSA) is 83.8 Å². The van der Waals surface area contributed by atoms with E-state index >= 15 is 0 Å². The van der Waals surface area contributed by atoms with E-state index in [2.05, 4.69) is 10.3 Å². The van der Waals surface area contributed by atoms with E-state index in [0.717, 1.165) is 0 Å². The number of hydrogen-bond donors (Lipinski definition) is 1. The summed E-state index contributed by atoms with van der Waals surface area (Å²) < 4.78 is 1.34. The second kappa shape index (κ2) is 5.35. The zero-order valence-corrected chi connectivity index (χ0v) is 11.3. The van der Waals surface area contributed by atoms with Gasteiger partial charge in [0.25, 0.3) is 11.5 Å². The lowest BCUT2D eigenvalue weighted by molar-refractivity contribution is -0.120. The molecule has 7 nitrogen and oxygen atoms in total. The van der Waals surface area contributed by atoms with Crippen molar-refractivity contribution in [3.63, 3.8) is 0 Å². The number of fused-ring (bicyclic) bond motifs is 1.